The van der Waals surface area contributed by atoms with Crippen molar-refractivity contribution in [2.75, 3.05) is 19.7 Å². The Labute approximate surface area is 254 Å². The molecule has 0 aromatic heterocycles. The van der Waals surface area contributed by atoms with Gasteiger partial charge in [0.2, 0.25) is 5.91 Å². The predicted molar refractivity (Wildman–Crippen MR) is 164 cm³/mol. The van der Waals surface area contributed by atoms with Gasteiger partial charge >= 0.3 is 6.09 Å². The number of carbonyl (C=O) groups is 2. The second-order valence-corrected chi connectivity index (χ2v) is 13.3. The summed E-state index contributed by atoms with van der Waals surface area (Å²) in [5.41, 5.74) is 0.783. The summed E-state index contributed by atoms with van der Waals surface area (Å²) in [5, 5.41) is 1.29. The van der Waals surface area contributed by atoms with Crippen molar-refractivity contribution < 1.29 is 19.1 Å². The Morgan fingerprint density at radius 2 is 1.88 bits per heavy atom. The van der Waals surface area contributed by atoms with Crippen LogP contribution < -0.4 is 0 Å². The van der Waals surface area contributed by atoms with Crippen LogP contribution in [0.1, 0.15) is 77.0 Å². The molecule has 41 heavy (non-hydrogen) atoms. The van der Waals surface area contributed by atoms with Gasteiger partial charge in [-0.15, -0.1) is 6.58 Å². The number of morpholine rings is 1. The van der Waals surface area contributed by atoms with E-state index in [1.54, 1.807) is 4.90 Å². The number of nitrogens with zero attached hydrogens (tertiary/aromatic N) is 2. The monoisotopic (exact) mass is 600 g/mol. The van der Waals surface area contributed by atoms with Crippen LogP contribution in [0.5, 0.6) is 0 Å². The first-order valence-electron chi connectivity index (χ1n) is 14.4. The van der Waals surface area contributed by atoms with Crippen molar-refractivity contribution in [3.05, 3.63) is 82.4 Å². The summed E-state index contributed by atoms with van der Waals surface area (Å²) < 4.78 is 12.0. The number of carbonyl (C=O) groups excluding carboxylic acids is 2. The molecule has 8 heteroatoms. The van der Waals surface area contributed by atoms with E-state index in [4.69, 9.17) is 32.7 Å². The van der Waals surface area contributed by atoms with Gasteiger partial charge in [0.1, 0.15) is 5.60 Å². The van der Waals surface area contributed by atoms with Crippen LogP contribution in [-0.4, -0.2) is 59.2 Å². The van der Waals surface area contributed by atoms with Crippen LogP contribution in [0.3, 0.4) is 0 Å². The maximum atomic E-state index is 14.6. The highest BCUT2D eigenvalue weighted by molar-refractivity contribution is 6.30. The third-order valence-electron chi connectivity index (χ3n) is 8.14. The molecule has 2 aliphatic rings. The Hall–Kier alpha value is -2.54. The summed E-state index contributed by atoms with van der Waals surface area (Å²) in [4.78, 5) is 31.4. The summed E-state index contributed by atoms with van der Waals surface area (Å²) in [6.07, 6.45) is 2.90. The average molecular weight is 602 g/mol. The fraction of sp³-hybridized carbons (Fsp3) is 0.515. The largest absolute Gasteiger partial charge is 0.444 e. The van der Waals surface area contributed by atoms with Gasteiger partial charge in [-0.2, -0.15) is 0 Å². The van der Waals surface area contributed by atoms with Crippen LogP contribution in [0, 0.1) is 5.41 Å². The van der Waals surface area contributed by atoms with Gasteiger partial charge in [-0.3, -0.25) is 4.79 Å². The van der Waals surface area contributed by atoms with Crippen LogP contribution >= 0.6 is 23.2 Å². The third kappa shape index (κ3) is 7.10. The second kappa shape index (κ2) is 12.8. The summed E-state index contributed by atoms with van der Waals surface area (Å²) in [5.74, 6) is 0.0117. The van der Waals surface area contributed by atoms with E-state index in [2.05, 4.69) is 19.6 Å². The average Bonchev–Trinajstić information content (AvgIpc) is 2.91. The van der Waals surface area contributed by atoms with E-state index in [0.717, 1.165) is 11.1 Å². The maximum Gasteiger partial charge on any atom is 0.410 e. The Bertz CT molecular complexity index is 1240. The van der Waals surface area contributed by atoms with E-state index in [-0.39, 0.29) is 36.1 Å². The molecule has 2 heterocycles. The number of halogens is 2. The fourth-order valence-corrected chi connectivity index (χ4v) is 6.62. The summed E-state index contributed by atoms with van der Waals surface area (Å²) in [6, 6.07) is 15.1. The van der Waals surface area contributed by atoms with E-state index >= 15 is 0 Å². The molecule has 0 saturated carbocycles. The number of hydrogen-bond acceptors (Lipinski definition) is 4. The Kier molecular flexibility index (Phi) is 9.77. The van der Waals surface area contributed by atoms with Crippen LogP contribution in [0.15, 0.2) is 61.2 Å². The molecule has 2 amide bonds. The zero-order valence-electron chi connectivity index (χ0n) is 24.7. The molecule has 2 aromatic carbocycles. The zero-order valence-corrected chi connectivity index (χ0v) is 26.3. The van der Waals surface area contributed by atoms with Crippen molar-refractivity contribution in [3.8, 4) is 0 Å². The van der Waals surface area contributed by atoms with Gasteiger partial charge in [-0.1, -0.05) is 67.4 Å². The Morgan fingerprint density at radius 1 is 1.17 bits per heavy atom. The van der Waals surface area contributed by atoms with Crippen molar-refractivity contribution in [2.45, 2.75) is 83.6 Å². The number of rotatable bonds is 7. The van der Waals surface area contributed by atoms with Gasteiger partial charge in [0, 0.05) is 22.5 Å². The van der Waals surface area contributed by atoms with Gasteiger partial charge in [-0.05, 0) is 75.4 Å². The molecule has 2 fully saturated rings. The summed E-state index contributed by atoms with van der Waals surface area (Å²) in [7, 11) is 0. The predicted octanol–water partition coefficient (Wildman–Crippen LogP) is 8.05. The Balaban J connectivity index is 1.81. The van der Waals surface area contributed by atoms with E-state index in [1.165, 1.54) is 0 Å². The topological polar surface area (TPSA) is 59.1 Å². The minimum atomic E-state index is -0.676. The first kappa shape index (κ1) is 31.4. The van der Waals surface area contributed by atoms with Crippen LogP contribution in [0.4, 0.5) is 4.79 Å². The minimum absolute atomic E-state index is 0.0443. The van der Waals surface area contributed by atoms with E-state index in [9.17, 15) is 9.59 Å². The van der Waals surface area contributed by atoms with Crippen LogP contribution in [0.2, 0.25) is 10.0 Å². The van der Waals surface area contributed by atoms with E-state index in [0.29, 0.717) is 49.0 Å². The molecule has 0 bridgehead atoms. The van der Waals surface area contributed by atoms with E-state index in [1.807, 2.05) is 81.1 Å². The van der Waals surface area contributed by atoms with Gasteiger partial charge in [0.05, 0.1) is 36.8 Å². The number of likely N-dealkylation sites (tertiary alicyclic amines) is 1. The lowest BCUT2D eigenvalue weighted by Gasteiger charge is -2.54. The molecule has 222 valence electrons. The quantitative estimate of drug-likeness (QED) is 0.302. The highest BCUT2D eigenvalue weighted by Crippen LogP contribution is 2.52. The van der Waals surface area contributed by atoms with Crippen LogP contribution in [-0.2, 0) is 14.3 Å². The van der Waals surface area contributed by atoms with Crippen LogP contribution in [0.25, 0.3) is 0 Å². The molecule has 6 nitrogen and oxygen atoms in total. The molecule has 2 aliphatic heterocycles. The molecule has 0 N–H and O–H groups in total. The molecule has 0 radical (unpaired) electrons. The lowest BCUT2D eigenvalue weighted by atomic mass is 9.67. The van der Waals surface area contributed by atoms with Gasteiger partial charge in [-0.25, -0.2) is 4.79 Å². The molecule has 2 saturated heterocycles. The van der Waals surface area contributed by atoms with E-state index < -0.39 is 11.0 Å². The number of piperidine rings is 1. The smallest absolute Gasteiger partial charge is 0.410 e. The molecule has 0 aliphatic carbocycles. The van der Waals surface area contributed by atoms with Crippen molar-refractivity contribution in [1.29, 1.82) is 0 Å². The third-order valence-corrected chi connectivity index (χ3v) is 8.62. The normalized spacial score (nSPS) is 26.0. The molecule has 0 spiro atoms. The van der Waals surface area contributed by atoms with Crippen molar-refractivity contribution in [1.82, 2.24) is 9.80 Å². The summed E-state index contributed by atoms with van der Waals surface area (Å²) >= 11 is 12.8. The van der Waals surface area contributed by atoms with Gasteiger partial charge in [0.15, 0.2) is 0 Å². The standard InChI is InChI=1S/C33H42Cl2N2O4/c1-7-16-33(6)20-26(23-10-9-11-25(35)19-23)29(22-12-14-24(34)15-13-22)37(30(33)38)27(8-2)28-21-36(17-18-40-28)31(39)41-32(3,4)5/h7,9-15,19,26-29H,1,8,16-18,20-21H2,2-6H3/t26-,27?,28-,29-,33+/m1/s1. The van der Waals surface area contributed by atoms with Gasteiger partial charge in [0.25, 0.3) is 0 Å². The molecule has 4 rings (SSSR count). The lowest BCUT2D eigenvalue weighted by Crippen LogP contribution is -2.61. The number of allylic oxidation sites excluding steroid dienone is 1. The first-order valence-corrected chi connectivity index (χ1v) is 15.2. The molecule has 2 aromatic rings. The SMILES string of the molecule is C=CC[C@@]1(C)C[C@H](c2cccc(Cl)c2)[C@@H](c2ccc(Cl)cc2)N(C(CC)[C@H]2CN(C(=O)OC(C)(C)C)CCO2)C1=O. The highest BCUT2D eigenvalue weighted by Gasteiger charge is 2.52. The number of benzene rings is 2. The molecular formula is C33H42Cl2N2O4. The van der Waals surface area contributed by atoms with Crippen molar-refractivity contribution >= 4 is 35.2 Å². The Morgan fingerprint density at radius 3 is 2.49 bits per heavy atom. The van der Waals surface area contributed by atoms with Crippen molar-refractivity contribution in [2.24, 2.45) is 5.41 Å². The molecular weight excluding hydrogens is 559 g/mol. The van der Waals surface area contributed by atoms with Gasteiger partial charge < -0.3 is 19.3 Å². The number of hydrogen-bond donors (Lipinski definition) is 0. The first-order chi connectivity index (χ1) is 19.4. The highest BCUT2D eigenvalue weighted by atomic mass is 35.5. The van der Waals surface area contributed by atoms with Crippen molar-refractivity contribution in [3.63, 3.8) is 0 Å². The fourth-order valence-electron chi connectivity index (χ4n) is 6.29. The minimum Gasteiger partial charge on any atom is -0.444 e. The number of ether oxygens (including phenoxy) is 2. The lowest BCUT2D eigenvalue weighted by molar-refractivity contribution is -0.163. The second-order valence-electron chi connectivity index (χ2n) is 12.4. The maximum absolute atomic E-state index is 14.6. The zero-order chi connectivity index (χ0) is 29.9. The molecule has 5 atom stereocenters. The number of amides is 2. The summed E-state index contributed by atoms with van der Waals surface area (Å²) in [6.45, 7) is 14.8. The molecule has 1 unspecified atom stereocenters.